The number of rotatable bonds is 8. The van der Waals surface area contributed by atoms with E-state index in [4.69, 9.17) is 9.47 Å². The lowest BCUT2D eigenvalue weighted by Crippen LogP contribution is -2.20. The molecule has 0 amide bonds. The summed E-state index contributed by atoms with van der Waals surface area (Å²) in [5, 5.41) is 3.48. The van der Waals surface area contributed by atoms with Crippen LogP contribution in [0.15, 0.2) is 48.5 Å². The highest BCUT2D eigenvalue weighted by molar-refractivity contribution is 5.42. The van der Waals surface area contributed by atoms with Crippen LogP contribution >= 0.6 is 0 Å². The van der Waals surface area contributed by atoms with Gasteiger partial charge < -0.3 is 14.8 Å². The molecule has 0 aliphatic heterocycles. The first-order chi connectivity index (χ1) is 10.3. The smallest absolute Gasteiger partial charge is 0.160 e. The van der Waals surface area contributed by atoms with E-state index in [1.165, 1.54) is 11.1 Å². The molecule has 2 aromatic carbocycles. The van der Waals surface area contributed by atoms with Crippen LogP contribution in [0, 0.1) is 0 Å². The van der Waals surface area contributed by atoms with Crippen LogP contribution in [0.2, 0.25) is 0 Å². The van der Waals surface area contributed by atoms with E-state index < -0.39 is 0 Å². The maximum absolute atomic E-state index is 5.32. The molecule has 0 unspecified atom stereocenters. The minimum atomic E-state index is 0.776. The Bertz CT molecular complexity index is 540. The van der Waals surface area contributed by atoms with E-state index in [0.29, 0.717) is 0 Å². The maximum Gasteiger partial charge on any atom is 0.160 e. The first kappa shape index (κ1) is 15.4. The highest BCUT2D eigenvalue weighted by atomic mass is 16.5. The Hall–Kier alpha value is -2.00. The number of hydrogen-bond donors (Lipinski definition) is 1. The molecule has 0 fully saturated rings. The van der Waals surface area contributed by atoms with Crippen molar-refractivity contribution < 1.29 is 9.47 Å². The van der Waals surface area contributed by atoms with Gasteiger partial charge >= 0.3 is 0 Å². The number of methoxy groups -OCH3 is 2. The van der Waals surface area contributed by atoms with E-state index in [1.807, 2.05) is 18.2 Å². The monoisotopic (exact) mass is 285 g/mol. The third kappa shape index (κ3) is 4.80. The summed E-state index contributed by atoms with van der Waals surface area (Å²) < 4.78 is 10.6. The number of nitrogens with one attached hydrogen (secondary N) is 1. The molecule has 2 rings (SSSR count). The van der Waals surface area contributed by atoms with Gasteiger partial charge in [-0.05, 0) is 49.2 Å². The van der Waals surface area contributed by atoms with Crippen molar-refractivity contribution in [3.63, 3.8) is 0 Å². The first-order valence-electron chi connectivity index (χ1n) is 7.29. The lowest BCUT2D eigenvalue weighted by Gasteiger charge is -2.10. The summed E-state index contributed by atoms with van der Waals surface area (Å²) in [5.41, 5.74) is 2.62. The SMILES string of the molecule is COc1ccc(CCNCCc2ccccc2)cc1OC. The van der Waals surface area contributed by atoms with Gasteiger partial charge in [-0.2, -0.15) is 0 Å². The molecule has 1 N–H and O–H groups in total. The Morgan fingerprint density at radius 3 is 2.10 bits per heavy atom. The van der Waals surface area contributed by atoms with Crippen LogP contribution in [0.3, 0.4) is 0 Å². The minimum Gasteiger partial charge on any atom is -0.493 e. The maximum atomic E-state index is 5.32. The Balaban J connectivity index is 1.73. The van der Waals surface area contributed by atoms with Crippen LogP contribution in [0.1, 0.15) is 11.1 Å². The van der Waals surface area contributed by atoms with E-state index in [-0.39, 0.29) is 0 Å². The molecule has 0 atom stereocenters. The molecular weight excluding hydrogens is 262 g/mol. The van der Waals surface area contributed by atoms with Crippen molar-refractivity contribution in [1.82, 2.24) is 5.32 Å². The fourth-order valence-electron chi connectivity index (χ4n) is 2.27. The average Bonchev–Trinajstić information content (AvgIpc) is 2.55. The Morgan fingerprint density at radius 1 is 0.762 bits per heavy atom. The van der Waals surface area contributed by atoms with Gasteiger partial charge in [-0.3, -0.25) is 0 Å². The summed E-state index contributed by atoms with van der Waals surface area (Å²) in [5.74, 6) is 1.57. The molecule has 0 spiro atoms. The lowest BCUT2D eigenvalue weighted by atomic mass is 10.1. The molecule has 0 saturated heterocycles. The molecule has 0 aliphatic carbocycles. The van der Waals surface area contributed by atoms with Crippen LogP contribution < -0.4 is 14.8 Å². The van der Waals surface area contributed by atoms with Gasteiger partial charge in [0.15, 0.2) is 11.5 Å². The Kier molecular flexibility index (Phi) is 6.10. The van der Waals surface area contributed by atoms with Crippen LogP contribution in [0.5, 0.6) is 11.5 Å². The fraction of sp³-hybridized carbons (Fsp3) is 0.333. The third-order valence-electron chi connectivity index (χ3n) is 3.47. The zero-order valence-electron chi connectivity index (χ0n) is 12.8. The number of benzene rings is 2. The predicted octanol–water partition coefficient (Wildman–Crippen LogP) is 3.08. The summed E-state index contributed by atoms with van der Waals surface area (Å²) in [6, 6.07) is 16.6. The van der Waals surface area contributed by atoms with Gasteiger partial charge in [0, 0.05) is 0 Å². The van der Waals surface area contributed by atoms with Crippen molar-refractivity contribution in [2.24, 2.45) is 0 Å². The van der Waals surface area contributed by atoms with Crippen LogP contribution in [-0.4, -0.2) is 27.3 Å². The fourth-order valence-corrected chi connectivity index (χ4v) is 2.27. The number of hydrogen-bond acceptors (Lipinski definition) is 3. The Labute approximate surface area is 126 Å². The van der Waals surface area contributed by atoms with E-state index in [2.05, 4.69) is 35.6 Å². The second-order valence-corrected chi connectivity index (χ2v) is 4.92. The molecule has 112 valence electrons. The molecule has 3 nitrogen and oxygen atoms in total. The zero-order chi connectivity index (χ0) is 14.9. The summed E-state index contributed by atoms with van der Waals surface area (Å²) in [6.07, 6.45) is 2.04. The van der Waals surface area contributed by atoms with Crippen molar-refractivity contribution in [2.75, 3.05) is 27.3 Å². The van der Waals surface area contributed by atoms with Crippen molar-refractivity contribution in [2.45, 2.75) is 12.8 Å². The van der Waals surface area contributed by atoms with Crippen LogP contribution in [-0.2, 0) is 12.8 Å². The molecular formula is C18H23NO2. The van der Waals surface area contributed by atoms with Gasteiger partial charge in [-0.15, -0.1) is 0 Å². The third-order valence-corrected chi connectivity index (χ3v) is 3.47. The van der Waals surface area contributed by atoms with Gasteiger partial charge in [0.2, 0.25) is 0 Å². The van der Waals surface area contributed by atoms with E-state index in [9.17, 15) is 0 Å². The quantitative estimate of drug-likeness (QED) is 0.756. The second-order valence-electron chi connectivity index (χ2n) is 4.92. The standard InChI is InChI=1S/C18H23NO2/c1-20-17-9-8-16(14-18(17)21-2)11-13-19-12-10-15-6-4-3-5-7-15/h3-9,14,19H,10-13H2,1-2H3. The Morgan fingerprint density at radius 2 is 1.43 bits per heavy atom. The van der Waals surface area contributed by atoms with E-state index in [1.54, 1.807) is 14.2 Å². The largest absolute Gasteiger partial charge is 0.493 e. The molecule has 3 heteroatoms. The average molecular weight is 285 g/mol. The summed E-state index contributed by atoms with van der Waals surface area (Å²) in [6.45, 7) is 1.96. The van der Waals surface area contributed by atoms with Crippen molar-refractivity contribution in [3.8, 4) is 11.5 Å². The normalized spacial score (nSPS) is 10.4. The summed E-state index contributed by atoms with van der Waals surface area (Å²) in [4.78, 5) is 0. The second kappa shape index (κ2) is 8.32. The topological polar surface area (TPSA) is 30.5 Å². The summed E-state index contributed by atoms with van der Waals surface area (Å²) >= 11 is 0. The van der Waals surface area contributed by atoms with E-state index >= 15 is 0 Å². The van der Waals surface area contributed by atoms with Crippen LogP contribution in [0.25, 0.3) is 0 Å². The van der Waals surface area contributed by atoms with Gasteiger partial charge in [0.1, 0.15) is 0 Å². The number of ether oxygens (including phenoxy) is 2. The first-order valence-corrected chi connectivity index (χ1v) is 7.29. The van der Waals surface area contributed by atoms with Gasteiger partial charge in [-0.25, -0.2) is 0 Å². The minimum absolute atomic E-state index is 0.776. The molecule has 0 aliphatic rings. The van der Waals surface area contributed by atoms with Gasteiger partial charge in [0.25, 0.3) is 0 Å². The molecule has 0 aromatic heterocycles. The van der Waals surface area contributed by atoms with Crippen molar-refractivity contribution in [1.29, 1.82) is 0 Å². The molecule has 21 heavy (non-hydrogen) atoms. The van der Waals surface area contributed by atoms with E-state index in [0.717, 1.165) is 37.4 Å². The van der Waals surface area contributed by atoms with Gasteiger partial charge in [-0.1, -0.05) is 36.4 Å². The van der Waals surface area contributed by atoms with Crippen molar-refractivity contribution in [3.05, 3.63) is 59.7 Å². The molecule has 0 saturated carbocycles. The predicted molar refractivity (Wildman–Crippen MR) is 86.3 cm³/mol. The molecule has 0 radical (unpaired) electrons. The molecule has 0 heterocycles. The molecule has 0 bridgehead atoms. The summed E-state index contributed by atoms with van der Waals surface area (Å²) in [7, 11) is 3.32. The zero-order valence-corrected chi connectivity index (χ0v) is 12.8. The molecule has 2 aromatic rings. The highest BCUT2D eigenvalue weighted by Gasteiger charge is 2.04. The lowest BCUT2D eigenvalue weighted by molar-refractivity contribution is 0.354. The van der Waals surface area contributed by atoms with Crippen LogP contribution in [0.4, 0.5) is 0 Å². The highest BCUT2D eigenvalue weighted by Crippen LogP contribution is 2.27. The van der Waals surface area contributed by atoms with Gasteiger partial charge in [0.05, 0.1) is 14.2 Å². The van der Waals surface area contributed by atoms with Crippen molar-refractivity contribution >= 4 is 0 Å².